The number of rotatable bonds is 8. The Bertz CT molecular complexity index is 730. The zero-order valence-electron chi connectivity index (χ0n) is 13.0. The maximum absolute atomic E-state index is 12.4. The summed E-state index contributed by atoms with van der Waals surface area (Å²) in [5.41, 5.74) is 0. The van der Waals surface area contributed by atoms with Crippen molar-refractivity contribution in [1.29, 1.82) is 0 Å². The summed E-state index contributed by atoms with van der Waals surface area (Å²) >= 11 is 11.9. The normalized spacial score (nSPS) is 10.2. The lowest BCUT2D eigenvalue weighted by Gasteiger charge is -2.17. The van der Waals surface area contributed by atoms with Gasteiger partial charge in [-0.25, -0.2) is 0 Å². The molecule has 0 atom stereocenters. The van der Waals surface area contributed by atoms with Crippen LogP contribution in [-0.2, 0) is 6.61 Å². The molecule has 0 radical (unpaired) electrons. The van der Waals surface area contributed by atoms with Gasteiger partial charge in [-0.2, -0.15) is 0 Å². The summed E-state index contributed by atoms with van der Waals surface area (Å²) in [6.07, 6.45) is 3.30. The van der Waals surface area contributed by atoms with Crippen LogP contribution in [0.15, 0.2) is 60.1 Å². The summed E-state index contributed by atoms with van der Waals surface area (Å²) in [5.74, 6) is 1.01. The largest absolute Gasteiger partial charge is 0.484 e. The van der Waals surface area contributed by atoms with Crippen molar-refractivity contribution in [3.63, 3.8) is 0 Å². The number of amides is 1. The lowest BCUT2D eigenvalue weighted by Crippen LogP contribution is -2.30. The van der Waals surface area contributed by atoms with Gasteiger partial charge in [0.05, 0.1) is 5.02 Å². The molecule has 126 valence electrons. The van der Waals surface area contributed by atoms with Crippen LogP contribution >= 0.6 is 23.2 Å². The van der Waals surface area contributed by atoms with Gasteiger partial charge in [0, 0.05) is 18.1 Å². The van der Waals surface area contributed by atoms with E-state index < -0.39 is 0 Å². The second-order valence-electron chi connectivity index (χ2n) is 4.92. The quantitative estimate of drug-likeness (QED) is 0.619. The highest BCUT2D eigenvalue weighted by Gasteiger charge is 2.17. The Kier molecular flexibility index (Phi) is 6.53. The average Bonchev–Trinajstić information content (AvgIpc) is 3.02. The molecule has 0 unspecified atom stereocenters. The molecule has 1 heterocycles. The van der Waals surface area contributed by atoms with Gasteiger partial charge in [-0.3, -0.25) is 4.79 Å². The van der Waals surface area contributed by atoms with Gasteiger partial charge >= 0.3 is 0 Å². The van der Waals surface area contributed by atoms with E-state index in [1.54, 1.807) is 47.4 Å². The van der Waals surface area contributed by atoms with Gasteiger partial charge in [-0.1, -0.05) is 35.4 Å². The van der Waals surface area contributed by atoms with Crippen LogP contribution in [0.5, 0.6) is 5.75 Å². The SMILES string of the molecule is C=CCN(CC=C)C(=O)c1ccc(COc2ccc(Cl)cc2Cl)o1. The Labute approximate surface area is 150 Å². The number of furan rings is 1. The van der Waals surface area contributed by atoms with E-state index in [4.69, 9.17) is 32.4 Å². The van der Waals surface area contributed by atoms with Gasteiger partial charge in [-0.05, 0) is 30.3 Å². The van der Waals surface area contributed by atoms with Gasteiger partial charge in [0.25, 0.3) is 5.91 Å². The van der Waals surface area contributed by atoms with E-state index in [1.807, 2.05) is 0 Å². The Hall–Kier alpha value is -2.17. The van der Waals surface area contributed by atoms with Gasteiger partial charge < -0.3 is 14.1 Å². The second-order valence-corrected chi connectivity index (χ2v) is 5.76. The van der Waals surface area contributed by atoms with Crippen molar-refractivity contribution in [2.45, 2.75) is 6.61 Å². The third kappa shape index (κ3) is 4.66. The van der Waals surface area contributed by atoms with Crippen molar-refractivity contribution in [3.8, 4) is 5.75 Å². The summed E-state index contributed by atoms with van der Waals surface area (Å²) in [5, 5.41) is 0.941. The van der Waals surface area contributed by atoms with E-state index in [1.165, 1.54) is 0 Å². The van der Waals surface area contributed by atoms with Crippen LogP contribution in [0.1, 0.15) is 16.3 Å². The minimum Gasteiger partial charge on any atom is -0.484 e. The molecule has 0 saturated heterocycles. The molecule has 0 saturated carbocycles. The Balaban J connectivity index is 2.03. The first kappa shape index (κ1) is 18.2. The molecule has 2 rings (SSSR count). The van der Waals surface area contributed by atoms with E-state index in [0.717, 1.165) is 0 Å². The smallest absolute Gasteiger partial charge is 0.290 e. The van der Waals surface area contributed by atoms with Crippen LogP contribution in [-0.4, -0.2) is 23.9 Å². The fraction of sp³-hybridized carbons (Fsp3) is 0.167. The van der Waals surface area contributed by atoms with E-state index in [9.17, 15) is 4.79 Å². The van der Waals surface area contributed by atoms with Crippen LogP contribution < -0.4 is 4.74 Å². The molecular weight excluding hydrogens is 349 g/mol. The third-order valence-electron chi connectivity index (χ3n) is 3.12. The molecule has 0 aliphatic rings. The summed E-state index contributed by atoms with van der Waals surface area (Å²) in [4.78, 5) is 13.9. The molecule has 0 aliphatic carbocycles. The van der Waals surface area contributed by atoms with E-state index >= 15 is 0 Å². The molecule has 0 spiro atoms. The first-order valence-corrected chi connectivity index (χ1v) is 7.98. The number of ether oxygens (including phenoxy) is 1. The van der Waals surface area contributed by atoms with Gasteiger partial charge in [-0.15, -0.1) is 13.2 Å². The lowest BCUT2D eigenvalue weighted by molar-refractivity contribution is 0.0755. The van der Waals surface area contributed by atoms with Crippen LogP contribution in [0.2, 0.25) is 10.0 Å². The summed E-state index contributed by atoms with van der Waals surface area (Å²) in [7, 11) is 0. The first-order valence-electron chi connectivity index (χ1n) is 7.22. The van der Waals surface area contributed by atoms with Gasteiger partial charge in [0.15, 0.2) is 5.76 Å². The van der Waals surface area contributed by atoms with Crippen LogP contribution in [0.25, 0.3) is 0 Å². The fourth-order valence-electron chi connectivity index (χ4n) is 2.02. The molecule has 0 bridgehead atoms. The summed E-state index contributed by atoms with van der Waals surface area (Å²) in [6, 6.07) is 8.26. The summed E-state index contributed by atoms with van der Waals surface area (Å²) in [6.45, 7) is 8.26. The Morgan fingerprint density at radius 1 is 1.17 bits per heavy atom. The maximum Gasteiger partial charge on any atom is 0.290 e. The van der Waals surface area contributed by atoms with Crippen molar-refractivity contribution < 1.29 is 13.9 Å². The predicted molar refractivity (Wildman–Crippen MR) is 95.8 cm³/mol. The zero-order chi connectivity index (χ0) is 17.5. The summed E-state index contributed by atoms with van der Waals surface area (Å²) < 4.78 is 11.1. The zero-order valence-corrected chi connectivity index (χ0v) is 14.5. The highest BCUT2D eigenvalue weighted by atomic mass is 35.5. The molecule has 6 heteroatoms. The standard InChI is InChI=1S/C18H17Cl2NO3/c1-3-9-21(10-4-2)18(22)17-8-6-14(24-17)12-23-16-7-5-13(19)11-15(16)20/h3-8,11H,1-2,9-10,12H2. The molecular formula is C18H17Cl2NO3. The van der Waals surface area contributed by atoms with Crippen molar-refractivity contribution >= 4 is 29.1 Å². The molecule has 1 aromatic heterocycles. The number of nitrogens with zero attached hydrogens (tertiary/aromatic N) is 1. The molecule has 0 fully saturated rings. The molecule has 2 aromatic rings. The molecule has 0 N–H and O–H groups in total. The molecule has 1 amide bonds. The average molecular weight is 366 g/mol. The van der Waals surface area contributed by atoms with Crippen molar-refractivity contribution in [3.05, 3.63) is 77.2 Å². The predicted octanol–water partition coefficient (Wildman–Crippen LogP) is 4.98. The van der Waals surface area contributed by atoms with E-state index in [-0.39, 0.29) is 18.3 Å². The van der Waals surface area contributed by atoms with Crippen LogP contribution in [0, 0.1) is 0 Å². The first-order chi connectivity index (χ1) is 11.5. The Morgan fingerprint density at radius 3 is 2.50 bits per heavy atom. The second kappa shape index (κ2) is 8.62. The van der Waals surface area contributed by atoms with E-state index in [2.05, 4.69) is 13.2 Å². The monoisotopic (exact) mass is 365 g/mol. The van der Waals surface area contributed by atoms with Crippen molar-refractivity contribution in [2.75, 3.05) is 13.1 Å². The number of carbonyl (C=O) groups excluding carboxylic acids is 1. The number of benzene rings is 1. The fourth-order valence-corrected chi connectivity index (χ4v) is 2.48. The van der Waals surface area contributed by atoms with Crippen molar-refractivity contribution in [2.24, 2.45) is 0 Å². The number of carbonyl (C=O) groups is 1. The molecule has 1 aromatic carbocycles. The van der Waals surface area contributed by atoms with Crippen LogP contribution in [0.3, 0.4) is 0 Å². The number of hydrogen-bond donors (Lipinski definition) is 0. The van der Waals surface area contributed by atoms with Gasteiger partial charge in [0.2, 0.25) is 0 Å². The lowest BCUT2D eigenvalue weighted by atomic mass is 10.3. The minimum absolute atomic E-state index is 0.150. The maximum atomic E-state index is 12.4. The Morgan fingerprint density at radius 2 is 1.88 bits per heavy atom. The highest BCUT2D eigenvalue weighted by Crippen LogP contribution is 2.28. The number of hydrogen-bond acceptors (Lipinski definition) is 3. The topological polar surface area (TPSA) is 42.7 Å². The van der Waals surface area contributed by atoms with Gasteiger partial charge in [0.1, 0.15) is 18.1 Å². The van der Waals surface area contributed by atoms with Crippen LogP contribution in [0.4, 0.5) is 0 Å². The number of halogens is 2. The molecule has 4 nitrogen and oxygen atoms in total. The third-order valence-corrected chi connectivity index (χ3v) is 3.65. The highest BCUT2D eigenvalue weighted by molar-refractivity contribution is 6.35. The van der Waals surface area contributed by atoms with Crippen molar-refractivity contribution in [1.82, 2.24) is 4.90 Å². The molecule has 24 heavy (non-hydrogen) atoms. The molecule has 0 aliphatic heterocycles. The van der Waals surface area contributed by atoms with E-state index in [0.29, 0.717) is 34.6 Å². The minimum atomic E-state index is -0.231.